The van der Waals surface area contributed by atoms with Crippen LogP contribution in [0.25, 0.3) is 22.3 Å². The number of hydrogen-bond donors (Lipinski definition) is 0. The van der Waals surface area contributed by atoms with Gasteiger partial charge >= 0.3 is 0 Å². The lowest BCUT2D eigenvalue weighted by molar-refractivity contribution is 0.415. The van der Waals surface area contributed by atoms with Crippen molar-refractivity contribution in [2.24, 2.45) is 0 Å². The number of ether oxygens (including phenoxy) is 1. The van der Waals surface area contributed by atoms with Gasteiger partial charge in [0.05, 0.1) is 18.0 Å². The summed E-state index contributed by atoms with van der Waals surface area (Å²) in [5, 5.41) is 2.68. The lowest BCUT2D eigenvalue weighted by Gasteiger charge is -2.18. The Balaban J connectivity index is 2.08. The van der Waals surface area contributed by atoms with Crippen LogP contribution in [0.1, 0.15) is 4.88 Å². The summed E-state index contributed by atoms with van der Waals surface area (Å²) in [5.41, 5.74) is 1.83. The fourth-order valence-corrected chi connectivity index (χ4v) is 3.55. The van der Waals surface area contributed by atoms with E-state index in [1.54, 1.807) is 29.1 Å². The van der Waals surface area contributed by atoms with E-state index in [1.165, 1.54) is 4.88 Å². The van der Waals surface area contributed by atoms with Crippen molar-refractivity contribution in [2.75, 3.05) is 7.11 Å². The van der Waals surface area contributed by atoms with E-state index in [1.807, 2.05) is 18.2 Å². The highest BCUT2D eigenvalue weighted by atomic mass is 32.1. The summed E-state index contributed by atoms with van der Waals surface area (Å²) in [5.74, 6) is 1.47. The van der Waals surface area contributed by atoms with E-state index in [0.29, 0.717) is 17.7 Å². The van der Waals surface area contributed by atoms with Gasteiger partial charge in [-0.05, 0) is 29.6 Å². The van der Waals surface area contributed by atoms with E-state index in [-0.39, 0.29) is 5.56 Å². The zero-order chi connectivity index (χ0) is 13.7. The molecule has 1 aliphatic heterocycles. The van der Waals surface area contributed by atoms with Gasteiger partial charge in [-0.1, -0.05) is 0 Å². The minimum atomic E-state index is 0.0146. The average Bonchev–Trinajstić information content (AvgIpc) is 2.96. The Morgan fingerprint density at radius 1 is 1.35 bits per heavy atom. The molecule has 0 bridgehead atoms. The van der Waals surface area contributed by atoms with Crippen molar-refractivity contribution in [3.63, 3.8) is 0 Å². The number of aryl methyl sites for hydroxylation is 1. The molecular weight excluding hydrogens is 272 g/mol. The van der Waals surface area contributed by atoms with Crippen LogP contribution in [0.5, 0.6) is 5.75 Å². The normalized spacial score (nSPS) is 13.1. The van der Waals surface area contributed by atoms with E-state index in [0.717, 1.165) is 23.3 Å². The van der Waals surface area contributed by atoms with Crippen molar-refractivity contribution in [1.29, 1.82) is 0 Å². The standard InChI is InChI=1S/C15H12N2O2S/c1-19-9-2-3-12-11(8-9)15(18)17-6-4-13-10(5-7-20-13)14(17)16-12/h2-3,5,7-8H,4,6H2,1H3. The fraction of sp³-hybridized carbons (Fsp3) is 0.200. The number of fused-ring (bicyclic) bond motifs is 4. The third-order valence-electron chi connectivity index (χ3n) is 3.71. The van der Waals surface area contributed by atoms with Gasteiger partial charge in [0.2, 0.25) is 0 Å². The van der Waals surface area contributed by atoms with Crippen LogP contribution >= 0.6 is 11.3 Å². The summed E-state index contributed by atoms with van der Waals surface area (Å²) in [6, 6.07) is 7.49. The molecule has 3 aromatic rings. The smallest absolute Gasteiger partial charge is 0.261 e. The first-order valence-electron chi connectivity index (χ1n) is 6.43. The maximum absolute atomic E-state index is 12.6. The number of methoxy groups -OCH3 is 1. The third kappa shape index (κ3) is 1.53. The van der Waals surface area contributed by atoms with Gasteiger partial charge in [0, 0.05) is 23.4 Å². The van der Waals surface area contributed by atoms with E-state index in [4.69, 9.17) is 4.74 Å². The van der Waals surface area contributed by atoms with Crippen molar-refractivity contribution < 1.29 is 4.74 Å². The number of benzene rings is 1. The number of rotatable bonds is 1. The zero-order valence-electron chi connectivity index (χ0n) is 10.9. The number of aromatic nitrogens is 2. The topological polar surface area (TPSA) is 44.1 Å². The van der Waals surface area contributed by atoms with Crippen molar-refractivity contribution in [1.82, 2.24) is 9.55 Å². The zero-order valence-corrected chi connectivity index (χ0v) is 11.7. The summed E-state index contributed by atoms with van der Waals surface area (Å²) < 4.78 is 6.97. The highest BCUT2D eigenvalue weighted by molar-refractivity contribution is 7.10. The van der Waals surface area contributed by atoms with Gasteiger partial charge in [-0.3, -0.25) is 9.36 Å². The maximum atomic E-state index is 12.6. The molecule has 0 saturated heterocycles. The van der Waals surface area contributed by atoms with E-state index >= 15 is 0 Å². The molecule has 0 saturated carbocycles. The minimum absolute atomic E-state index is 0.0146. The second-order valence-corrected chi connectivity index (χ2v) is 5.78. The largest absolute Gasteiger partial charge is 0.497 e. The highest BCUT2D eigenvalue weighted by Gasteiger charge is 2.21. The van der Waals surface area contributed by atoms with Crippen LogP contribution in [0, 0.1) is 0 Å². The minimum Gasteiger partial charge on any atom is -0.497 e. The summed E-state index contributed by atoms with van der Waals surface area (Å²) in [4.78, 5) is 18.6. The van der Waals surface area contributed by atoms with Crippen LogP contribution in [0.3, 0.4) is 0 Å². The predicted octanol–water partition coefficient (Wildman–Crippen LogP) is 2.69. The first kappa shape index (κ1) is 11.7. The molecule has 0 fully saturated rings. The van der Waals surface area contributed by atoms with Crippen molar-refractivity contribution in [3.05, 3.63) is 44.9 Å². The van der Waals surface area contributed by atoms with Crippen molar-refractivity contribution >= 4 is 22.2 Å². The highest BCUT2D eigenvalue weighted by Crippen LogP contribution is 2.32. The Morgan fingerprint density at radius 2 is 2.25 bits per heavy atom. The molecule has 5 heteroatoms. The molecule has 0 amide bonds. The lowest BCUT2D eigenvalue weighted by Crippen LogP contribution is -2.26. The SMILES string of the molecule is COc1ccc2nc3n(c(=O)c2c1)CCc1sccc1-3. The first-order chi connectivity index (χ1) is 9.78. The fourth-order valence-electron chi connectivity index (χ4n) is 2.69. The molecule has 0 unspecified atom stereocenters. The van der Waals surface area contributed by atoms with Gasteiger partial charge < -0.3 is 4.74 Å². The van der Waals surface area contributed by atoms with E-state index in [2.05, 4.69) is 10.4 Å². The second kappa shape index (κ2) is 4.18. The Bertz CT molecular complexity index is 879. The molecule has 100 valence electrons. The summed E-state index contributed by atoms with van der Waals surface area (Å²) >= 11 is 1.73. The average molecular weight is 284 g/mol. The molecule has 2 aromatic heterocycles. The van der Waals surface area contributed by atoms with Gasteiger partial charge in [0.25, 0.3) is 5.56 Å². The molecule has 0 aliphatic carbocycles. The van der Waals surface area contributed by atoms with Crippen molar-refractivity contribution in [3.8, 4) is 17.1 Å². The van der Waals surface area contributed by atoms with Gasteiger partial charge in [-0.25, -0.2) is 4.98 Å². The lowest BCUT2D eigenvalue weighted by atomic mass is 10.1. The van der Waals surface area contributed by atoms with Crippen LogP contribution in [0.2, 0.25) is 0 Å². The molecule has 0 N–H and O–H groups in total. The Morgan fingerprint density at radius 3 is 3.10 bits per heavy atom. The predicted molar refractivity (Wildman–Crippen MR) is 79.6 cm³/mol. The molecule has 4 rings (SSSR count). The van der Waals surface area contributed by atoms with Crippen LogP contribution in [-0.4, -0.2) is 16.7 Å². The molecule has 20 heavy (non-hydrogen) atoms. The van der Waals surface area contributed by atoms with Gasteiger partial charge in [-0.15, -0.1) is 11.3 Å². The molecule has 1 aromatic carbocycles. The van der Waals surface area contributed by atoms with Crippen LogP contribution in [0.15, 0.2) is 34.4 Å². The Hall–Kier alpha value is -2.14. The molecular formula is C15H12N2O2S. The molecule has 0 spiro atoms. The van der Waals surface area contributed by atoms with Gasteiger partial charge in [0.15, 0.2) is 0 Å². The molecule has 3 heterocycles. The number of hydrogen-bond acceptors (Lipinski definition) is 4. The number of thiophene rings is 1. The summed E-state index contributed by atoms with van der Waals surface area (Å²) in [6.45, 7) is 0.696. The first-order valence-corrected chi connectivity index (χ1v) is 7.31. The Kier molecular flexibility index (Phi) is 2.44. The summed E-state index contributed by atoms with van der Waals surface area (Å²) in [7, 11) is 1.60. The van der Waals surface area contributed by atoms with Crippen molar-refractivity contribution in [2.45, 2.75) is 13.0 Å². The van der Waals surface area contributed by atoms with Crippen LogP contribution in [0.4, 0.5) is 0 Å². The van der Waals surface area contributed by atoms with E-state index < -0.39 is 0 Å². The molecule has 0 radical (unpaired) electrons. The quantitative estimate of drug-likeness (QED) is 0.690. The third-order valence-corrected chi connectivity index (χ3v) is 4.69. The summed E-state index contributed by atoms with van der Waals surface area (Å²) in [6.07, 6.45) is 0.900. The molecule has 0 atom stereocenters. The van der Waals surface area contributed by atoms with Crippen LogP contribution in [-0.2, 0) is 13.0 Å². The second-order valence-electron chi connectivity index (χ2n) is 4.78. The molecule has 1 aliphatic rings. The number of nitrogens with zero attached hydrogens (tertiary/aromatic N) is 2. The molecule has 4 nitrogen and oxygen atoms in total. The van der Waals surface area contributed by atoms with Gasteiger partial charge in [-0.2, -0.15) is 0 Å². The van der Waals surface area contributed by atoms with Crippen LogP contribution < -0.4 is 10.3 Å². The maximum Gasteiger partial charge on any atom is 0.261 e. The Labute approximate surface area is 119 Å². The monoisotopic (exact) mass is 284 g/mol. The van der Waals surface area contributed by atoms with E-state index in [9.17, 15) is 4.79 Å². The van der Waals surface area contributed by atoms with Gasteiger partial charge in [0.1, 0.15) is 11.6 Å².